The number of hydrogen-bond donors (Lipinski definition) is 4. The lowest BCUT2D eigenvalue weighted by Gasteiger charge is -2.49. The molecule has 3 saturated heterocycles. The molecule has 1 atom stereocenters. The summed E-state index contributed by atoms with van der Waals surface area (Å²) in [4.78, 5) is 9.57. The predicted octanol–water partition coefficient (Wildman–Crippen LogP) is 15.1. The van der Waals surface area contributed by atoms with Gasteiger partial charge in [0.05, 0.1) is 26.4 Å². The molecule has 4 N–H and O–H groups in total. The minimum Gasteiger partial charge on any atom is -0.493 e. The van der Waals surface area contributed by atoms with Gasteiger partial charge in [0.15, 0.2) is 11.5 Å². The normalized spacial score (nSPS) is 19.5. The number of aryl methyl sites for hydroxylation is 3. The molecule has 7 aromatic rings. The minimum absolute atomic E-state index is 0.655. The molecular weight excluding hydrogens is 1160 g/mol. The van der Waals surface area contributed by atoms with Crippen molar-refractivity contribution in [3.63, 3.8) is 0 Å². The van der Waals surface area contributed by atoms with Crippen LogP contribution in [0, 0.1) is 5.41 Å². The summed E-state index contributed by atoms with van der Waals surface area (Å²) in [5.41, 5.74) is 7.94. The van der Waals surface area contributed by atoms with Gasteiger partial charge in [-0.05, 0) is 157 Å². The van der Waals surface area contributed by atoms with Crippen LogP contribution in [0.5, 0.6) is 23.0 Å². The number of nitrogens with one attached hydrogen (secondary N) is 4. The average Bonchev–Trinajstić information content (AvgIpc) is 3.27. The number of rotatable bonds is 0. The Morgan fingerprint density at radius 2 is 0.988 bits per heavy atom. The molecule has 0 bridgehead atoms. The van der Waals surface area contributed by atoms with Crippen molar-refractivity contribution in [1.29, 1.82) is 0 Å². The van der Waals surface area contributed by atoms with E-state index in [4.69, 9.17) is 23.7 Å². The molecule has 10 heterocycles. The summed E-state index contributed by atoms with van der Waals surface area (Å²) in [5.74, 6) is 8.74. The summed E-state index contributed by atoms with van der Waals surface area (Å²) < 4.78 is 30.0. The van der Waals surface area contributed by atoms with Gasteiger partial charge in [-0.25, -0.2) is 0 Å². The van der Waals surface area contributed by atoms with Crippen LogP contribution in [0.15, 0.2) is 194 Å². The molecule has 1 spiro atoms. The molecule has 1 unspecified atom stereocenters. The Bertz CT molecular complexity index is 2500. The predicted molar refractivity (Wildman–Crippen MR) is 364 cm³/mol. The number of fused-ring (bicyclic) bond motifs is 8. The second-order valence-corrected chi connectivity index (χ2v) is 27.7. The second-order valence-electron chi connectivity index (χ2n) is 22.2. The Labute approximate surface area is 534 Å². The first-order valence-corrected chi connectivity index (χ1v) is 35.9. The van der Waals surface area contributed by atoms with Crippen LogP contribution in [0.2, 0.25) is 0 Å². The van der Waals surface area contributed by atoms with E-state index < -0.39 is 0 Å². The van der Waals surface area contributed by atoms with Gasteiger partial charge < -0.3 is 39.6 Å². The van der Waals surface area contributed by atoms with Crippen molar-refractivity contribution in [2.75, 3.05) is 114 Å². The van der Waals surface area contributed by atoms with E-state index in [1.54, 1.807) is 17.5 Å². The van der Waals surface area contributed by atoms with E-state index >= 15 is 0 Å². The Morgan fingerprint density at radius 1 is 0.419 bits per heavy atom. The summed E-state index contributed by atoms with van der Waals surface area (Å²) in [6, 6.07) is 59.1. The first kappa shape index (κ1) is 64.1. The van der Waals surface area contributed by atoms with Crippen LogP contribution in [-0.4, -0.2) is 119 Å². The Morgan fingerprint density at radius 3 is 1.63 bits per heavy atom. The maximum Gasteiger partial charge on any atom is 0.161 e. The van der Waals surface area contributed by atoms with E-state index in [1.807, 2.05) is 102 Å². The molecule has 1 aliphatic carbocycles. The van der Waals surface area contributed by atoms with E-state index in [0.29, 0.717) is 19.3 Å². The molecule has 456 valence electrons. The molecule has 86 heavy (non-hydrogen) atoms. The number of ether oxygens (including phenoxy) is 5. The third-order valence-corrected chi connectivity index (χ3v) is 21.7. The molecule has 18 rings (SSSR count). The third-order valence-electron chi connectivity index (χ3n) is 16.1. The van der Waals surface area contributed by atoms with Crippen LogP contribution in [0.3, 0.4) is 0 Å². The summed E-state index contributed by atoms with van der Waals surface area (Å²) in [7, 11) is 0. The van der Waals surface area contributed by atoms with Gasteiger partial charge in [0.1, 0.15) is 24.7 Å². The number of nitrogens with zero attached hydrogens (tertiary/aromatic N) is 1. The quantitative estimate of drug-likeness (QED) is 0.108. The van der Waals surface area contributed by atoms with E-state index in [0.717, 1.165) is 99.7 Å². The lowest BCUT2D eigenvalue weighted by atomic mass is 9.65. The second kappa shape index (κ2) is 35.9. The van der Waals surface area contributed by atoms with Crippen LogP contribution >= 0.6 is 59.0 Å². The molecule has 0 radical (unpaired) electrons. The maximum absolute atomic E-state index is 5.42. The van der Waals surface area contributed by atoms with Crippen LogP contribution < -0.4 is 39.6 Å². The van der Waals surface area contributed by atoms with Gasteiger partial charge in [-0.3, -0.25) is 9.62 Å². The number of hydrogen-bond acceptors (Lipinski definition) is 15. The number of anilines is 1. The first-order chi connectivity index (χ1) is 42.6. The van der Waals surface area contributed by atoms with Crippen molar-refractivity contribution in [2.24, 2.45) is 5.41 Å². The van der Waals surface area contributed by atoms with Crippen molar-refractivity contribution in [2.45, 2.75) is 94.9 Å². The van der Waals surface area contributed by atoms with Gasteiger partial charge >= 0.3 is 0 Å². The van der Waals surface area contributed by atoms with E-state index in [-0.39, 0.29) is 0 Å². The molecule has 11 aliphatic rings. The Kier molecular flexibility index (Phi) is 26.8. The van der Waals surface area contributed by atoms with Gasteiger partial charge in [0, 0.05) is 106 Å². The fraction of sp³-hybridized carbons (Fsp3) is 0.408. The zero-order valence-electron chi connectivity index (χ0n) is 49.9. The van der Waals surface area contributed by atoms with Gasteiger partial charge in [-0.15, -0.1) is 47.0 Å². The van der Waals surface area contributed by atoms with Crippen molar-refractivity contribution in [1.82, 2.24) is 20.3 Å². The van der Waals surface area contributed by atoms with Crippen LogP contribution in [0.4, 0.5) is 5.69 Å². The van der Waals surface area contributed by atoms with E-state index in [2.05, 4.69) is 141 Å². The molecule has 10 aliphatic heterocycles. The van der Waals surface area contributed by atoms with Crippen molar-refractivity contribution < 1.29 is 23.7 Å². The summed E-state index contributed by atoms with van der Waals surface area (Å²) in [6.45, 7) is 14.3. The first-order valence-electron chi connectivity index (χ1n) is 31.1. The molecule has 4 fully saturated rings. The number of para-hydroxylation sites is 5. The van der Waals surface area contributed by atoms with Crippen LogP contribution in [-0.2, 0) is 30.5 Å². The summed E-state index contributed by atoms with van der Waals surface area (Å²) >= 11 is 9.51. The number of thioether (sulfide) groups is 4. The van der Waals surface area contributed by atoms with Gasteiger partial charge in [-0.1, -0.05) is 116 Å². The highest BCUT2D eigenvalue weighted by molar-refractivity contribution is 8.05. The summed E-state index contributed by atoms with van der Waals surface area (Å²) in [6.07, 6.45) is 12.0. The SMILES string of the molecule is C1CC2(C1)CNC2.C1CN2CCOCC2CN1.c1ccc2c(c1)CCCN2.c1ccc2c(c1)CCCO2.c1ccc2c(c1)CCCS2.c1ccc2c(c1)CNS2.c1ccc2c(c1)OCCO2.c1ccc2c(c1)OCCS2.c1ccc2c(c1)SCCS2. The van der Waals surface area contributed by atoms with Crippen molar-refractivity contribution in [3.8, 4) is 23.0 Å². The smallest absolute Gasteiger partial charge is 0.161 e. The minimum atomic E-state index is 0.655. The standard InChI is InChI=1S/C9H11N.C9H10O.C9H10S.C8H8O2.C8H8OS.C8H8S2.C7H14N2O.C7H7NS.C6H11N/c3*1-2-6-9-8(4-1)5-3-7-10-9;3*1-2-4-8-7(3-1)9-5-6-10-8;1-2-9-3-4-10-6-7(9)5-8-1;1-2-4-7-6(3-1)5-8-9-7;1-2-6(3-1)4-7-5-6/h1-2,4,6,10H,3,5,7H2;2*1-2,4,6H,3,5,7H2;3*1-4H,5-6H2;7-8H,1-6H2;1-4,8H,5H2;7H,1-5H2. The van der Waals surface area contributed by atoms with Gasteiger partial charge in [0.25, 0.3) is 0 Å². The molecule has 15 heteroatoms. The third kappa shape index (κ3) is 20.3. The van der Waals surface area contributed by atoms with Gasteiger partial charge in [0.2, 0.25) is 0 Å². The highest BCUT2D eigenvalue weighted by Gasteiger charge is 2.41. The molecule has 0 aromatic heterocycles. The van der Waals surface area contributed by atoms with Gasteiger partial charge in [-0.2, -0.15) is 0 Å². The number of benzene rings is 7. The van der Waals surface area contributed by atoms with Crippen molar-refractivity contribution >= 4 is 64.7 Å². The largest absolute Gasteiger partial charge is 0.493 e. The zero-order chi connectivity index (χ0) is 58.5. The maximum atomic E-state index is 5.42. The molecule has 7 aromatic carbocycles. The Balaban J connectivity index is 0.000000107. The molecule has 1 saturated carbocycles. The fourth-order valence-corrected chi connectivity index (χ4v) is 16.0. The number of morpholine rings is 1. The fourth-order valence-electron chi connectivity index (χ4n) is 11.1. The lowest BCUT2D eigenvalue weighted by Crippen LogP contribution is -2.57. The van der Waals surface area contributed by atoms with Crippen molar-refractivity contribution in [3.05, 3.63) is 192 Å². The van der Waals surface area contributed by atoms with E-state index in [1.165, 1.54) is 135 Å². The zero-order valence-corrected chi connectivity index (χ0v) is 53.9. The number of piperazine rings is 1. The average molecular weight is 1250 g/mol. The lowest BCUT2D eigenvalue weighted by molar-refractivity contribution is -0.0168. The van der Waals surface area contributed by atoms with E-state index in [9.17, 15) is 0 Å². The molecule has 10 nitrogen and oxygen atoms in total. The highest BCUT2D eigenvalue weighted by atomic mass is 32.2. The van der Waals surface area contributed by atoms with Crippen LogP contribution in [0.25, 0.3) is 0 Å². The van der Waals surface area contributed by atoms with Crippen LogP contribution in [0.1, 0.15) is 60.8 Å². The highest BCUT2D eigenvalue weighted by Crippen LogP contribution is 2.43. The molecular formula is C71H87N5O5S5. The summed E-state index contributed by atoms with van der Waals surface area (Å²) in [5, 5.41) is 10.0. The molecule has 0 amide bonds. The topological polar surface area (TPSA) is 97.5 Å². The Hall–Kier alpha value is -4.91. The monoisotopic (exact) mass is 1250 g/mol.